The average Bonchev–Trinajstić information content (AvgIpc) is 2.16. The van der Waals surface area contributed by atoms with E-state index in [1.165, 1.54) is 6.42 Å². The molecule has 1 nitrogen and oxygen atoms in total. The summed E-state index contributed by atoms with van der Waals surface area (Å²) < 4.78 is 5.55. The van der Waals surface area contributed by atoms with Crippen LogP contribution in [0.5, 0.6) is 5.75 Å². The van der Waals surface area contributed by atoms with Gasteiger partial charge in [-0.25, -0.2) is 0 Å². The number of benzene rings is 1. The van der Waals surface area contributed by atoms with Crippen LogP contribution in [0.2, 0.25) is 0 Å². The Labute approximate surface area is 85.7 Å². The Morgan fingerprint density at radius 2 is 2.00 bits per heavy atom. The summed E-state index contributed by atoms with van der Waals surface area (Å²) in [7, 11) is -0.791. The highest BCUT2D eigenvalue weighted by atomic mass is 35.7. The highest BCUT2D eigenvalue weighted by Crippen LogP contribution is 2.43. The van der Waals surface area contributed by atoms with Crippen LogP contribution in [0.1, 0.15) is 19.8 Å². The van der Waals surface area contributed by atoms with Crippen molar-refractivity contribution in [3.05, 3.63) is 30.3 Å². The lowest BCUT2D eigenvalue weighted by Gasteiger charge is -2.10. The van der Waals surface area contributed by atoms with Crippen molar-refractivity contribution in [1.29, 1.82) is 0 Å². The minimum absolute atomic E-state index is 0.791. The largest absolute Gasteiger partial charge is 0.458 e. The van der Waals surface area contributed by atoms with Gasteiger partial charge in [0.25, 0.3) is 0 Å². The lowest BCUT2D eigenvalue weighted by atomic mass is 10.3. The lowest BCUT2D eigenvalue weighted by molar-refractivity contribution is 0.622. The van der Waals surface area contributed by atoms with Gasteiger partial charge >= 0.3 is 0 Å². The van der Waals surface area contributed by atoms with Crippen LogP contribution in [0, 0.1) is 0 Å². The van der Waals surface area contributed by atoms with Crippen LogP contribution in [0.4, 0.5) is 0 Å². The van der Waals surface area contributed by atoms with Crippen molar-refractivity contribution in [2.45, 2.75) is 19.8 Å². The van der Waals surface area contributed by atoms with Crippen LogP contribution in [0.25, 0.3) is 0 Å². The van der Waals surface area contributed by atoms with Crippen molar-refractivity contribution in [2.75, 3.05) is 6.16 Å². The predicted octanol–water partition coefficient (Wildman–Crippen LogP) is 4.42. The number of rotatable bonds is 5. The fourth-order valence-corrected chi connectivity index (χ4v) is 2.53. The molecule has 0 radical (unpaired) electrons. The minimum Gasteiger partial charge on any atom is -0.458 e. The monoisotopic (exact) mass is 216 g/mol. The van der Waals surface area contributed by atoms with Gasteiger partial charge in [-0.05, 0) is 29.8 Å². The van der Waals surface area contributed by atoms with Crippen molar-refractivity contribution in [3.63, 3.8) is 0 Å². The Morgan fingerprint density at radius 1 is 1.31 bits per heavy atom. The first-order chi connectivity index (χ1) is 6.33. The minimum atomic E-state index is -0.791. The zero-order chi connectivity index (χ0) is 9.52. The molecule has 13 heavy (non-hydrogen) atoms. The summed E-state index contributed by atoms with van der Waals surface area (Å²) in [4.78, 5) is 0. The van der Waals surface area contributed by atoms with Crippen LogP contribution in [-0.2, 0) is 0 Å². The quantitative estimate of drug-likeness (QED) is 0.663. The molecule has 0 N–H and O–H groups in total. The molecular weight excluding hydrogens is 203 g/mol. The molecule has 1 aromatic carbocycles. The summed E-state index contributed by atoms with van der Waals surface area (Å²) in [6, 6.07) is 9.74. The summed E-state index contributed by atoms with van der Waals surface area (Å²) >= 11 is 6.04. The van der Waals surface area contributed by atoms with Crippen LogP contribution < -0.4 is 4.52 Å². The Kier molecular flexibility index (Phi) is 5.19. The maximum absolute atomic E-state index is 6.04. The standard InChI is InChI=1S/C10H14ClOP/c1-2-3-9-13(11)12-10-7-5-4-6-8-10/h4-8H,2-3,9H2,1H3. The smallest absolute Gasteiger partial charge is 0.182 e. The molecule has 0 bridgehead atoms. The van der Waals surface area contributed by atoms with E-state index in [0.29, 0.717) is 0 Å². The van der Waals surface area contributed by atoms with Gasteiger partial charge < -0.3 is 4.52 Å². The van der Waals surface area contributed by atoms with Crippen molar-refractivity contribution in [1.82, 2.24) is 0 Å². The number of hydrogen-bond acceptors (Lipinski definition) is 1. The van der Waals surface area contributed by atoms with E-state index in [4.69, 9.17) is 15.8 Å². The molecule has 0 aliphatic carbocycles. The summed E-state index contributed by atoms with van der Waals surface area (Å²) in [5.74, 6) is 0.875. The molecule has 0 spiro atoms. The van der Waals surface area contributed by atoms with Gasteiger partial charge in [0.1, 0.15) is 5.75 Å². The molecule has 1 unspecified atom stereocenters. The van der Waals surface area contributed by atoms with Crippen LogP contribution >= 0.6 is 18.7 Å². The molecule has 0 heterocycles. The van der Waals surface area contributed by atoms with Crippen molar-refractivity contribution >= 4 is 18.7 Å². The molecule has 3 heteroatoms. The van der Waals surface area contributed by atoms with E-state index in [9.17, 15) is 0 Å². The molecule has 72 valence electrons. The Morgan fingerprint density at radius 3 is 2.62 bits per heavy atom. The first-order valence-electron chi connectivity index (χ1n) is 4.49. The third kappa shape index (κ3) is 4.50. The third-order valence-electron chi connectivity index (χ3n) is 1.64. The zero-order valence-electron chi connectivity index (χ0n) is 7.74. The summed E-state index contributed by atoms with van der Waals surface area (Å²) in [6.45, 7) is 2.16. The van der Waals surface area contributed by atoms with E-state index in [1.807, 2.05) is 30.3 Å². The first-order valence-corrected chi connectivity index (χ1v) is 6.84. The predicted molar refractivity (Wildman–Crippen MR) is 59.6 cm³/mol. The number of para-hydroxylation sites is 1. The highest BCUT2D eigenvalue weighted by molar-refractivity contribution is 7.80. The molecule has 0 aromatic heterocycles. The van der Waals surface area contributed by atoms with Crippen molar-refractivity contribution in [3.8, 4) is 5.75 Å². The number of hydrogen-bond donors (Lipinski definition) is 0. The number of halogens is 1. The maximum atomic E-state index is 6.04. The SMILES string of the molecule is CCCCP(Cl)Oc1ccccc1. The topological polar surface area (TPSA) is 9.23 Å². The summed E-state index contributed by atoms with van der Waals surface area (Å²) in [5, 5.41) is 0. The second-order valence-electron chi connectivity index (χ2n) is 2.80. The molecule has 1 rings (SSSR count). The van der Waals surface area contributed by atoms with Gasteiger partial charge in [0.15, 0.2) is 7.50 Å². The van der Waals surface area contributed by atoms with E-state index >= 15 is 0 Å². The van der Waals surface area contributed by atoms with Gasteiger partial charge in [-0.1, -0.05) is 31.5 Å². The average molecular weight is 217 g/mol. The van der Waals surface area contributed by atoms with Crippen LogP contribution in [0.15, 0.2) is 30.3 Å². The Balaban J connectivity index is 2.32. The maximum Gasteiger partial charge on any atom is 0.182 e. The molecule has 0 fully saturated rings. The van der Waals surface area contributed by atoms with Gasteiger partial charge in [0, 0.05) is 6.16 Å². The Bertz CT molecular complexity index is 228. The van der Waals surface area contributed by atoms with E-state index in [1.54, 1.807) is 0 Å². The van der Waals surface area contributed by atoms with Crippen molar-refractivity contribution < 1.29 is 4.52 Å². The molecule has 1 aromatic rings. The highest BCUT2D eigenvalue weighted by Gasteiger charge is 2.05. The molecule has 1 atom stereocenters. The van der Waals surface area contributed by atoms with Gasteiger partial charge in [0.2, 0.25) is 0 Å². The zero-order valence-corrected chi connectivity index (χ0v) is 9.39. The van der Waals surface area contributed by atoms with Crippen LogP contribution in [-0.4, -0.2) is 6.16 Å². The fraction of sp³-hybridized carbons (Fsp3) is 0.400. The second-order valence-corrected chi connectivity index (χ2v) is 5.20. The molecular formula is C10H14ClOP. The van der Waals surface area contributed by atoms with E-state index in [-0.39, 0.29) is 0 Å². The van der Waals surface area contributed by atoms with E-state index in [2.05, 4.69) is 6.92 Å². The molecule has 0 aliphatic heterocycles. The third-order valence-corrected chi connectivity index (χ3v) is 3.43. The molecule has 0 amide bonds. The summed E-state index contributed by atoms with van der Waals surface area (Å²) in [6.07, 6.45) is 3.29. The van der Waals surface area contributed by atoms with Gasteiger partial charge in [0.05, 0.1) is 0 Å². The molecule has 0 aliphatic rings. The lowest BCUT2D eigenvalue weighted by Crippen LogP contribution is -1.87. The first kappa shape index (κ1) is 10.8. The van der Waals surface area contributed by atoms with Gasteiger partial charge in [-0.3, -0.25) is 0 Å². The van der Waals surface area contributed by atoms with Crippen molar-refractivity contribution in [2.24, 2.45) is 0 Å². The normalized spacial score (nSPS) is 12.5. The number of unbranched alkanes of at least 4 members (excludes halogenated alkanes) is 1. The van der Waals surface area contributed by atoms with E-state index in [0.717, 1.165) is 18.3 Å². The van der Waals surface area contributed by atoms with Crippen LogP contribution in [0.3, 0.4) is 0 Å². The Hall–Kier alpha value is -0.260. The molecule has 0 saturated heterocycles. The fourth-order valence-electron chi connectivity index (χ4n) is 0.924. The second kappa shape index (κ2) is 6.23. The van der Waals surface area contributed by atoms with E-state index < -0.39 is 7.50 Å². The van der Waals surface area contributed by atoms with Gasteiger partial charge in [-0.15, -0.1) is 0 Å². The van der Waals surface area contributed by atoms with Gasteiger partial charge in [-0.2, -0.15) is 0 Å². The summed E-state index contributed by atoms with van der Waals surface area (Å²) in [5.41, 5.74) is 0. The molecule has 0 saturated carbocycles.